The van der Waals surface area contributed by atoms with Gasteiger partial charge in [-0.3, -0.25) is 14.4 Å². The highest BCUT2D eigenvalue weighted by Crippen LogP contribution is 2.55. The first-order valence-electron chi connectivity index (χ1n) is 14.3. The summed E-state index contributed by atoms with van der Waals surface area (Å²) in [4.78, 5) is 43.6. The Kier molecular flexibility index (Phi) is 6.90. The highest BCUT2D eigenvalue weighted by atomic mass is 16.5. The number of ether oxygens (including phenoxy) is 2. The van der Waals surface area contributed by atoms with Gasteiger partial charge < -0.3 is 25.0 Å². The van der Waals surface area contributed by atoms with Gasteiger partial charge in [0.15, 0.2) is 0 Å². The molecule has 2 bridgehead atoms. The molecule has 2 saturated heterocycles. The third kappa shape index (κ3) is 4.48. The summed E-state index contributed by atoms with van der Waals surface area (Å²) in [5.74, 6) is -1.16. The summed E-state index contributed by atoms with van der Waals surface area (Å²) in [6.07, 6.45) is 7.37. The van der Waals surface area contributed by atoms with E-state index >= 15 is 0 Å². The maximum absolute atomic E-state index is 14.2. The molecule has 0 unspecified atom stereocenters. The van der Waals surface area contributed by atoms with E-state index in [1.165, 1.54) is 0 Å². The van der Waals surface area contributed by atoms with Crippen LogP contribution >= 0.6 is 0 Å². The van der Waals surface area contributed by atoms with Crippen LogP contribution in [0.2, 0.25) is 0 Å². The monoisotopic (exact) mass is 543 g/mol. The summed E-state index contributed by atoms with van der Waals surface area (Å²) in [6, 6.07) is 14.2. The highest BCUT2D eigenvalue weighted by molar-refractivity contribution is 6.02. The Morgan fingerprint density at radius 1 is 1.10 bits per heavy atom. The third-order valence-electron chi connectivity index (χ3n) is 9.16. The first kappa shape index (κ1) is 26.6. The predicted octanol–water partition coefficient (Wildman–Crippen LogP) is 3.99. The van der Waals surface area contributed by atoms with E-state index in [2.05, 4.69) is 17.6 Å². The molecule has 2 aromatic carbocycles. The number of nitrogens with zero attached hydrogens (tertiary/aromatic N) is 1. The number of methoxy groups -OCH3 is 1. The molecule has 6 rings (SSSR count). The van der Waals surface area contributed by atoms with Crippen LogP contribution in [-0.2, 0) is 25.7 Å². The summed E-state index contributed by atoms with van der Waals surface area (Å²) in [5.41, 5.74) is 1.38. The lowest BCUT2D eigenvalue weighted by atomic mass is 9.74. The van der Waals surface area contributed by atoms with Crippen molar-refractivity contribution in [2.45, 2.75) is 69.9 Å². The minimum atomic E-state index is -1.19. The third-order valence-corrected chi connectivity index (χ3v) is 9.16. The van der Waals surface area contributed by atoms with Crippen molar-refractivity contribution in [2.75, 3.05) is 12.4 Å². The first-order valence-corrected chi connectivity index (χ1v) is 14.3. The van der Waals surface area contributed by atoms with Crippen molar-refractivity contribution < 1.29 is 23.9 Å². The van der Waals surface area contributed by atoms with Gasteiger partial charge in [-0.2, -0.15) is 0 Å². The molecule has 3 heterocycles. The van der Waals surface area contributed by atoms with Crippen molar-refractivity contribution in [1.29, 1.82) is 0 Å². The lowest BCUT2D eigenvalue weighted by Gasteiger charge is -2.36. The Bertz CT molecular complexity index is 1340. The number of fused-ring (bicyclic) bond motifs is 1. The van der Waals surface area contributed by atoms with Crippen LogP contribution < -0.4 is 15.4 Å². The number of aryl methyl sites for hydroxylation is 1. The lowest BCUT2D eigenvalue weighted by Crippen LogP contribution is -2.57. The van der Waals surface area contributed by atoms with Crippen LogP contribution in [0.4, 0.5) is 5.69 Å². The molecular formula is C32H37N3O5. The molecule has 2 aromatic rings. The minimum Gasteiger partial charge on any atom is -0.497 e. The fraction of sp³-hybridized carbons (Fsp3) is 0.469. The number of likely N-dealkylation sites (tertiary alicyclic amines) is 1. The van der Waals surface area contributed by atoms with Crippen LogP contribution in [0.15, 0.2) is 60.7 Å². The fourth-order valence-corrected chi connectivity index (χ4v) is 7.11. The van der Waals surface area contributed by atoms with Crippen molar-refractivity contribution in [3.05, 3.63) is 71.8 Å². The molecule has 40 heavy (non-hydrogen) atoms. The smallest absolute Gasteiger partial charge is 0.246 e. The number of rotatable bonds is 7. The van der Waals surface area contributed by atoms with Gasteiger partial charge in [0.2, 0.25) is 17.7 Å². The number of carbonyl (C=O) groups excluding carboxylic acids is 3. The van der Waals surface area contributed by atoms with Gasteiger partial charge in [0.1, 0.15) is 17.4 Å². The van der Waals surface area contributed by atoms with Crippen LogP contribution in [-0.4, -0.2) is 53.5 Å². The molecule has 7 atom stereocenters. The Morgan fingerprint density at radius 2 is 1.88 bits per heavy atom. The van der Waals surface area contributed by atoms with E-state index in [0.717, 1.165) is 36.8 Å². The second-order valence-corrected chi connectivity index (χ2v) is 11.8. The average Bonchev–Trinajstić information content (AvgIpc) is 3.58. The number of amides is 3. The Balaban J connectivity index is 1.32. The summed E-state index contributed by atoms with van der Waals surface area (Å²) in [5, 5.41) is 6.27. The standard InChI is InChI=1S/C32H37N3O5/c1-19-7-6-9-22(17-19)33-29(36)26-25-15-16-32(40-25)27(26)31(38)35(18-21-11-13-23(39-3)14-12-21)28(32)30(37)34-24-10-5-4-8-20(24)2/h6-7,9,11-17,20,24-28H,4-5,8,10,18H2,1-3H3,(H,33,36)(H,34,37)/t20-,24+,25+,26+,27+,28-,32-/m0/s1. The van der Waals surface area contributed by atoms with E-state index in [1.807, 2.05) is 67.6 Å². The zero-order valence-corrected chi connectivity index (χ0v) is 23.3. The predicted molar refractivity (Wildman–Crippen MR) is 150 cm³/mol. The van der Waals surface area contributed by atoms with E-state index in [9.17, 15) is 14.4 Å². The number of carbonyl (C=O) groups is 3. The summed E-state index contributed by atoms with van der Waals surface area (Å²) in [7, 11) is 1.61. The lowest BCUT2D eigenvalue weighted by molar-refractivity contribution is -0.142. The number of benzene rings is 2. The van der Waals surface area contributed by atoms with Gasteiger partial charge in [-0.1, -0.05) is 56.2 Å². The number of nitrogens with one attached hydrogen (secondary N) is 2. The molecule has 1 saturated carbocycles. The van der Waals surface area contributed by atoms with Gasteiger partial charge in [0, 0.05) is 18.3 Å². The van der Waals surface area contributed by atoms with E-state index in [0.29, 0.717) is 17.4 Å². The average molecular weight is 544 g/mol. The zero-order valence-electron chi connectivity index (χ0n) is 23.3. The van der Waals surface area contributed by atoms with Gasteiger partial charge in [0.05, 0.1) is 25.0 Å². The van der Waals surface area contributed by atoms with Crippen LogP contribution in [0.3, 0.4) is 0 Å². The Hall–Kier alpha value is -3.65. The van der Waals surface area contributed by atoms with E-state index in [-0.39, 0.29) is 30.3 Å². The molecule has 0 radical (unpaired) electrons. The molecule has 2 N–H and O–H groups in total. The molecule has 1 spiro atoms. The van der Waals surface area contributed by atoms with Crippen molar-refractivity contribution in [3.8, 4) is 5.75 Å². The topological polar surface area (TPSA) is 97.0 Å². The SMILES string of the molecule is COc1ccc(CN2C(=O)[C@H]3[C@H](C(=O)Nc4cccc(C)c4)[C@H]4C=C[C@@]3(O4)[C@@H]2C(=O)N[C@@H]2CCCC[C@@H]2C)cc1. The molecule has 1 aliphatic carbocycles. The van der Waals surface area contributed by atoms with Crippen molar-refractivity contribution in [2.24, 2.45) is 17.8 Å². The Morgan fingerprint density at radius 3 is 2.60 bits per heavy atom. The normalized spacial score (nSPS) is 32.2. The molecule has 8 heteroatoms. The molecule has 210 valence electrons. The van der Waals surface area contributed by atoms with Crippen LogP contribution in [0, 0.1) is 24.7 Å². The van der Waals surface area contributed by atoms with Gasteiger partial charge in [-0.25, -0.2) is 0 Å². The van der Waals surface area contributed by atoms with Crippen molar-refractivity contribution in [3.63, 3.8) is 0 Å². The van der Waals surface area contributed by atoms with Crippen LogP contribution in [0.5, 0.6) is 5.75 Å². The molecular weight excluding hydrogens is 506 g/mol. The maximum atomic E-state index is 14.2. The van der Waals surface area contributed by atoms with Gasteiger partial charge in [0.25, 0.3) is 0 Å². The highest BCUT2D eigenvalue weighted by Gasteiger charge is 2.72. The Labute approximate surface area is 235 Å². The van der Waals surface area contributed by atoms with Gasteiger partial charge in [-0.15, -0.1) is 0 Å². The summed E-state index contributed by atoms with van der Waals surface area (Å²) >= 11 is 0. The van der Waals surface area contributed by atoms with E-state index < -0.39 is 29.6 Å². The molecule has 8 nitrogen and oxygen atoms in total. The van der Waals surface area contributed by atoms with E-state index in [1.54, 1.807) is 12.0 Å². The van der Waals surface area contributed by atoms with Gasteiger partial charge in [-0.05, 0) is 61.1 Å². The van der Waals surface area contributed by atoms with Crippen LogP contribution in [0.25, 0.3) is 0 Å². The quantitative estimate of drug-likeness (QED) is 0.515. The molecule has 3 amide bonds. The van der Waals surface area contributed by atoms with Crippen molar-refractivity contribution >= 4 is 23.4 Å². The number of anilines is 1. The fourth-order valence-electron chi connectivity index (χ4n) is 7.11. The molecule has 4 aliphatic rings. The van der Waals surface area contributed by atoms with Crippen molar-refractivity contribution in [1.82, 2.24) is 10.2 Å². The summed E-state index contributed by atoms with van der Waals surface area (Å²) in [6.45, 7) is 4.36. The van der Waals surface area contributed by atoms with Gasteiger partial charge >= 0.3 is 0 Å². The molecule has 3 aliphatic heterocycles. The van der Waals surface area contributed by atoms with E-state index in [4.69, 9.17) is 9.47 Å². The molecule has 3 fully saturated rings. The number of hydrogen-bond donors (Lipinski definition) is 2. The van der Waals surface area contributed by atoms with Crippen LogP contribution in [0.1, 0.15) is 43.7 Å². The minimum absolute atomic E-state index is 0.0534. The zero-order chi connectivity index (χ0) is 28.0. The summed E-state index contributed by atoms with van der Waals surface area (Å²) < 4.78 is 11.8. The first-order chi connectivity index (χ1) is 19.3. The second kappa shape index (κ2) is 10.4. The number of hydrogen-bond acceptors (Lipinski definition) is 5. The second-order valence-electron chi connectivity index (χ2n) is 11.8. The maximum Gasteiger partial charge on any atom is 0.246 e. The molecule has 0 aromatic heterocycles. The largest absolute Gasteiger partial charge is 0.497 e.